The monoisotopic (exact) mass is 252 g/mol. The summed E-state index contributed by atoms with van der Waals surface area (Å²) in [7, 11) is 2.97. The molecule has 0 radical (unpaired) electrons. The third-order valence-corrected chi connectivity index (χ3v) is 2.51. The molecule has 0 saturated carbocycles. The fourth-order valence-corrected chi connectivity index (χ4v) is 1.54. The van der Waals surface area contributed by atoms with Crippen LogP contribution in [0.2, 0.25) is 0 Å². The molecule has 6 heteroatoms. The third-order valence-electron chi connectivity index (χ3n) is 2.51. The number of carbonyl (C=O) groups excluding carboxylic acids is 1. The van der Waals surface area contributed by atoms with E-state index in [4.69, 9.17) is 15.6 Å². The van der Waals surface area contributed by atoms with Crippen LogP contribution in [0, 0.1) is 0 Å². The molecule has 1 aromatic rings. The van der Waals surface area contributed by atoms with Gasteiger partial charge in [0.25, 0.3) is 5.91 Å². The standard InChI is InChI=1S/C12H16N2O4/c1-14-11(15)8-5-7(3-4-10(8)18-2)6-9(13)12(16)17/h3-5,9H,6,13H2,1-2H3,(H,14,15)(H,16,17). The Labute approximate surface area is 105 Å². The predicted octanol–water partition coefficient (Wildman–Crippen LogP) is 0.00920. The fourth-order valence-electron chi connectivity index (χ4n) is 1.54. The number of ether oxygens (including phenoxy) is 1. The van der Waals surface area contributed by atoms with Crippen LogP contribution in [0.15, 0.2) is 18.2 Å². The Hall–Kier alpha value is -2.08. The largest absolute Gasteiger partial charge is 0.496 e. The second kappa shape index (κ2) is 6.02. The molecule has 0 heterocycles. The highest BCUT2D eigenvalue weighted by Crippen LogP contribution is 2.20. The molecule has 0 bridgehead atoms. The SMILES string of the molecule is CNC(=O)c1cc(CC(N)C(=O)O)ccc1OC. The van der Waals surface area contributed by atoms with Gasteiger partial charge >= 0.3 is 5.97 Å². The Morgan fingerprint density at radius 2 is 2.17 bits per heavy atom. The van der Waals surface area contributed by atoms with E-state index in [9.17, 15) is 9.59 Å². The highest BCUT2D eigenvalue weighted by Gasteiger charge is 2.16. The zero-order valence-electron chi connectivity index (χ0n) is 10.3. The van der Waals surface area contributed by atoms with Gasteiger partial charge in [-0.15, -0.1) is 0 Å². The third kappa shape index (κ3) is 3.21. The first-order chi connectivity index (χ1) is 8.49. The molecule has 18 heavy (non-hydrogen) atoms. The Balaban J connectivity index is 3.03. The summed E-state index contributed by atoms with van der Waals surface area (Å²) in [6, 6.07) is 3.90. The molecule has 0 saturated heterocycles. The van der Waals surface area contributed by atoms with E-state index in [1.807, 2.05) is 0 Å². The number of carbonyl (C=O) groups is 2. The second-order valence-electron chi connectivity index (χ2n) is 3.76. The van der Waals surface area contributed by atoms with Gasteiger partial charge in [-0.2, -0.15) is 0 Å². The first kappa shape index (κ1) is 14.0. The zero-order valence-corrected chi connectivity index (χ0v) is 10.3. The Morgan fingerprint density at radius 1 is 1.50 bits per heavy atom. The number of hydrogen-bond acceptors (Lipinski definition) is 4. The summed E-state index contributed by atoms with van der Waals surface area (Å²) in [5, 5.41) is 11.2. The van der Waals surface area contributed by atoms with Crippen LogP contribution in [-0.2, 0) is 11.2 Å². The van der Waals surface area contributed by atoms with Crippen LogP contribution in [0.3, 0.4) is 0 Å². The lowest BCUT2D eigenvalue weighted by Gasteiger charge is -2.11. The van der Waals surface area contributed by atoms with Crippen LogP contribution >= 0.6 is 0 Å². The molecule has 0 aliphatic rings. The number of aliphatic carboxylic acids is 1. The number of hydrogen-bond donors (Lipinski definition) is 3. The molecule has 0 spiro atoms. The molecule has 0 fully saturated rings. The van der Waals surface area contributed by atoms with Crippen LogP contribution in [0.5, 0.6) is 5.75 Å². The second-order valence-corrected chi connectivity index (χ2v) is 3.76. The van der Waals surface area contributed by atoms with E-state index < -0.39 is 12.0 Å². The molecule has 1 amide bonds. The number of benzene rings is 1. The zero-order chi connectivity index (χ0) is 13.7. The van der Waals surface area contributed by atoms with Gasteiger partial charge in [-0.1, -0.05) is 6.07 Å². The van der Waals surface area contributed by atoms with Crippen molar-refractivity contribution >= 4 is 11.9 Å². The summed E-state index contributed by atoms with van der Waals surface area (Å²) < 4.78 is 5.07. The normalized spacial score (nSPS) is 11.7. The lowest BCUT2D eigenvalue weighted by molar-refractivity contribution is -0.138. The molecule has 4 N–H and O–H groups in total. The summed E-state index contributed by atoms with van der Waals surface area (Å²) in [6.07, 6.45) is 0.156. The van der Waals surface area contributed by atoms with Crippen molar-refractivity contribution in [3.8, 4) is 5.75 Å². The first-order valence-electron chi connectivity index (χ1n) is 5.37. The number of carboxylic acids is 1. The maximum absolute atomic E-state index is 11.6. The van der Waals surface area contributed by atoms with Crippen molar-refractivity contribution in [2.45, 2.75) is 12.5 Å². The Kier molecular flexibility index (Phi) is 4.67. The molecule has 6 nitrogen and oxygen atoms in total. The average molecular weight is 252 g/mol. The molecule has 98 valence electrons. The maximum atomic E-state index is 11.6. The molecular weight excluding hydrogens is 236 g/mol. The minimum atomic E-state index is -1.08. The van der Waals surface area contributed by atoms with Gasteiger partial charge in [0.15, 0.2) is 0 Å². The molecule has 0 aliphatic carbocycles. The highest BCUT2D eigenvalue weighted by molar-refractivity contribution is 5.97. The van der Waals surface area contributed by atoms with Crippen LogP contribution in [-0.4, -0.2) is 37.2 Å². The van der Waals surface area contributed by atoms with Crippen molar-refractivity contribution in [1.82, 2.24) is 5.32 Å². The van der Waals surface area contributed by atoms with E-state index in [0.29, 0.717) is 16.9 Å². The van der Waals surface area contributed by atoms with Gasteiger partial charge in [-0.3, -0.25) is 9.59 Å². The summed E-state index contributed by atoms with van der Waals surface area (Å²) >= 11 is 0. The Bertz CT molecular complexity index is 459. The number of nitrogens with two attached hydrogens (primary N) is 1. The highest BCUT2D eigenvalue weighted by atomic mass is 16.5. The molecular formula is C12H16N2O4. The molecule has 1 unspecified atom stereocenters. The van der Waals surface area contributed by atoms with Crippen LogP contribution in [0.4, 0.5) is 0 Å². The maximum Gasteiger partial charge on any atom is 0.320 e. The summed E-state index contributed by atoms with van der Waals surface area (Å²) in [4.78, 5) is 22.3. The van der Waals surface area contributed by atoms with Crippen LogP contribution in [0.1, 0.15) is 15.9 Å². The van der Waals surface area contributed by atoms with Crippen LogP contribution in [0.25, 0.3) is 0 Å². The molecule has 0 aromatic heterocycles. The smallest absolute Gasteiger partial charge is 0.320 e. The average Bonchev–Trinajstić information content (AvgIpc) is 2.37. The van der Waals surface area contributed by atoms with Crippen molar-refractivity contribution < 1.29 is 19.4 Å². The van der Waals surface area contributed by atoms with Crippen molar-refractivity contribution in [2.24, 2.45) is 5.73 Å². The molecule has 1 atom stereocenters. The summed E-state index contributed by atoms with van der Waals surface area (Å²) in [5.74, 6) is -0.938. The topological polar surface area (TPSA) is 102 Å². The van der Waals surface area contributed by atoms with E-state index in [-0.39, 0.29) is 12.3 Å². The van der Waals surface area contributed by atoms with Gasteiger partial charge in [0.05, 0.1) is 12.7 Å². The van der Waals surface area contributed by atoms with E-state index in [1.165, 1.54) is 14.2 Å². The fraction of sp³-hybridized carbons (Fsp3) is 0.333. The van der Waals surface area contributed by atoms with Crippen molar-refractivity contribution in [2.75, 3.05) is 14.2 Å². The van der Waals surface area contributed by atoms with Gasteiger partial charge in [0, 0.05) is 7.05 Å². The van der Waals surface area contributed by atoms with Crippen LogP contribution < -0.4 is 15.8 Å². The predicted molar refractivity (Wildman–Crippen MR) is 65.7 cm³/mol. The van der Waals surface area contributed by atoms with Gasteiger partial charge in [0.2, 0.25) is 0 Å². The van der Waals surface area contributed by atoms with E-state index >= 15 is 0 Å². The van der Waals surface area contributed by atoms with Crippen molar-refractivity contribution in [3.05, 3.63) is 29.3 Å². The molecule has 1 aromatic carbocycles. The van der Waals surface area contributed by atoms with E-state index in [1.54, 1.807) is 18.2 Å². The number of rotatable bonds is 5. The van der Waals surface area contributed by atoms with Crippen molar-refractivity contribution in [1.29, 1.82) is 0 Å². The first-order valence-corrected chi connectivity index (χ1v) is 5.37. The van der Waals surface area contributed by atoms with Gasteiger partial charge in [-0.05, 0) is 24.1 Å². The number of methoxy groups -OCH3 is 1. The number of amides is 1. The minimum Gasteiger partial charge on any atom is -0.496 e. The lowest BCUT2D eigenvalue weighted by Crippen LogP contribution is -2.32. The lowest BCUT2D eigenvalue weighted by atomic mass is 10.0. The Morgan fingerprint density at radius 3 is 2.67 bits per heavy atom. The summed E-state index contributed by atoms with van der Waals surface area (Å²) in [6.45, 7) is 0. The minimum absolute atomic E-state index is 0.156. The van der Waals surface area contributed by atoms with Crippen molar-refractivity contribution in [3.63, 3.8) is 0 Å². The molecule has 0 aliphatic heterocycles. The quantitative estimate of drug-likeness (QED) is 0.685. The van der Waals surface area contributed by atoms with Gasteiger partial charge < -0.3 is 20.9 Å². The number of nitrogens with one attached hydrogen (secondary N) is 1. The number of carboxylic acid groups (broad SMARTS) is 1. The molecule has 1 rings (SSSR count). The van der Waals surface area contributed by atoms with Gasteiger partial charge in [0.1, 0.15) is 11.8 Å². The van der Waals surface area contributed by atoms with E-state index in [0.717, 1.165) is 0 Å². The van der Waals surface area contributed by atoms with Gasteiger partial charge in [-0.25, -0.2) is 0 Å². The van der Waals surface area contributed by atoms with E-state index in [2.05, 4.69) is 5.32 Å². The summed E-state index contributed by atoms with van der Waals surface area (Å²) in [5.41, 5.74) is 6.47.